The quantitative estimate of drug-likeness (QED) is 0.0799. The second-order valence-electron chi connectivity index (χ2n) is 20.7. The van der Waals surface area contributed by atoms with Crippen molar-refractivity contribution in [3.63, 3.8) is 0 Å². The van der Waals surface area contributed by atoms with Crippen LogP contribution in [0.2, 0.25) is 35.2 Å². The summed E-state index contributed by atoms with van der Waals surface area (Å²) in [5, 5.41) is 12.9. The number of benzene rings is 5. The Kier molecular flexibility index (Phi) is 21.6. The molecule has 16 rings (SSSR count). The number of hydrogen-bond acceptors (Lipinski definition) is 5. The molecule has 0 saturated heterocycles. The average Bonchev–Trinajstić information content (AvgIpc) is 4.57. The molecule has 0 spiro atoms. The molecule has 0 aliphatic carbocycles. The van der Waals surface area contributed by atoms with Crippen LogP contribution in [-0.2, 0) is 0 Å². The second-order valence-corrected chi connectivity index (χ2v) is 23.7. The zero-order valence-corrected chi connectivity index (χ0v) is 54.5. The van der Waals surface area contributed by atoms with Crippen LogP contribution in [0.25, 0.3) is 87.6 Å². The van der Waals surface area contributed by atoms with Gasteiger partial charge in [0.2, 0.25) is 0 Å². The molecule has 0 aliphatic rings. The van der Waals surface area contributed by atoms with Crippen LogP contribution < -0.4 is 0 Å². The van der Waals surface area contributed by atoms with Crippen LogP contribution in [0.15, 0.2) is 183 Å². The molecule has 446 valence electrons. The Balaban J connectivity index is 0.000000120. The van der Waals surface area contributed by atoms with E-state index in [2.05, 4.69) is 116 Å². The van der Waals surface area contributed by atoms with Crippen LogP contribution >= 0.6 is 81.2 Å². The first-order valence-electron chi connectivity index (χ1n) is 27.7. The van der Waals surface area contributed by atoms with E-state index in [0.717, 1.165) is 130 Å². The lowest BCUT2D eigenvalue weighted by Gasteiger charge is -1.98. The largest absolute Gasteiger partial charge is 0.361 e. The number of nitrogens with one attached hydrogen (secondary N) is 7. The molecular weight excluding hydrogens is 1250 g/mol. The number of aromatic amines is 7. The molecule has 88 heavy (non-hydrogen) atoms. The van der Waals surface area contributed by atoms with Gasteiger partial charge in [0, 0.05) is 130 Å². The number of fused-ring (bicyclic) bond motifs is 8. The van der Waals surface area contributed by atoms with E-state index in [9.17, 15) is 0 Å². The molecule has 0 unspecified atom stereocenters. The molecule has 19 heteroatoms. The Morgan fingerprint density at radius 1 is 0.318 bits per heavy atom. The molecule has 0 aliphatic heterocycles. The summed E-state index contributed by atoms with van der Waals surface area (Å²) >= 11 is 40.8. The van der Waals surface area contributed by atoms with Gasteiger partial charge in [-0.1, -0.05) is 111 Å². The Bertz CT molecular complexity index is 4550. The third-order valence-corrected chi connectivity index (χ3v) is 15.3. The highest BCUT2D eigenvalue weighted by atomic mass is 35.5. The van der Waals surface area contributed by atoms with Gasteiger partial charge in [-0.05, 0) is 188 Å². The molecule has 11 aromatic heterocycles. The molecular formula is C69H61Cl7N12. The van der Waals surface area contributed by atoms with E-state index in [1.807, 2.05) is 157 Å². The number of halogens is 7. The van der Waals surface area contributed by atoms with Crippen LogP contribution in [0.1, 0.15) is 45.4 Å². The molecule has 0 atom stereocenters. The topological polar surface area (TPSA) is 175 Å². The number of nitrogens with zero attached hydrogens (tertiary/aromatic N) is 5. The SMILES string of the molecule is Cc1cc2[nH]cc(Cl)c2cn1.Cc1cc2cc(Cl)ccc2[nH]1.Cc1cc2cc(Cl)cnc2[nH]1.Cc1ccc2[nH]ccc2c1.Cc1ccc2c(Cl)c[nH]c2c1.Cc1ccc2c(Cl)c[nH]c2n1.Cc1ccc2cc(Cl)ccc2n1.Cc1nc2ccc(Cl)cc2[nH]1. The van der Waals surface area contributed by atoms with E-state index in [4.69, 9.17) is 81.2 Å². The first-order valence-corrected chi connectivity index (χ1v) is 30.3. The summed E-state index contributed by atoms with van der Waals surface area (Å²) in [7, 11) is 0. The maximum atomic E-state index is 5.89. The minimum Gasteiger partial charge on any atom is -0.361 e. The number of aromatic nitrogens is 12. The van der Waals surface area contributed by atoms with Crippen LogP contribution in [0.3, 0.4) is 0 Å². The summed E-state index contributed by atoms with van der Waals surface area (Å²) in [6.45, 7) is 16.0. The van der Waals surface area contributed by atoms with Crippen molar-refractivity contribution in [1.82, 2.24) is 59.8 Å². The van der Waals surface area contributed by atoms with Crippen LogP contribution in [0.4, 0.5) is 0 Å². The van der Waals surface area contributed by atoms with Crippen molar-refractivity contribution in [2.24, 2.45) is 0 Å². The van der Waals surface area contributed by atoms with Crippen molar-refractivity contribution in [3.8, 4) is 0 Å². The lowest BCUT2D eigenvalue weighted by atomic mass is 10.2. The summed E-state index contributed by atoms with van der Waals surface area (Å²) in [6.07, 6.45) is 10.7. The molecule has 0 radical (unpaired) electrons. The third kappa shape index (κ3) is 17.5. The number of pyridine rings is 4. The van der Waals surface area contributed by atoms with Gasteiger partial charge in [0.05, 0.1) is 42.2 Å². The van der Waals surface area contributed by atoms with Gasteiger partial charge < -0.3 is 34.9 Å². The van der Waals surface area contributed by atoms with Crippen LogP contribution in [-0.4, -0.2) is 59.8 Å². The maximum absolute atomic E-state index is 5.89. The second kappa shape index (κ2) is 29.6. The fourth-order valence-electron chi connectivity index (χ4n) is 9.22. The monoisotopic (exact) mass is 1300 g/mol. The number of imidazole rings is 1. The Morgan fingerprint density at radius 2 is 0.909 bits per heavy atom. The first-order chi connectivity index (χ1) is 42.2. The van der Waals surface area contributed by atoms with E-state index >= 15 is 0 Å². The third-order valence-electron chi connectivity index (χ3n) is 13.4. The summed E-state index contributed by atoms with van der Waals surface area (Å²) in [5.74, 6) is 0.919. The Labute approximate surface area is 543 Å². The van der Waals surface area contributed by atoms with Crippen LogP contribution in [0, 0.1) is 55.4 Å². The Hall–Kier alpha value is -8.30. The first kappa shape index (κ1) is 64.2. The van der Waals surface area contributed by atoms with Gasteiger partial charge in [0.1, 0.15) is 17.1 Å². The highest BCUT2D eigenvalue weighted by Crippen LogP contribution is 2.26. The van der Waals surface area contributed by atoms with E-state index < -0.39 is 0 Å². The van der Waals surface area contributed by atoms with Gasteiger partial charge >= 0.3 is 0 Å². The highest BCUT2D eigenvalue weighted by Gasteiger charge is 2.04. The zero-order valence-electron chi connectivity index (χ0n) is 49.2. The van der Waals surface area contributed by atoms with Crippen molar-refractivity contribution in [3.05, 3.63) is 263 Å². The molecule has 0 amide bonds. The number of hydrogen-bond donors (Lipinski definition) is 7. The van der Waals surface area contributed by atoms with Crippen molar-refractivity contribution in [1.29, 1.82) is 0 Å². The van der Waals surface area contributed by atoms with E-state index in [-0.39, 0.29) is 0 Å². The predicted octanol–water partition coefficient (Wildman–Crippen LogP) is 22.0. The van der Waals surface area contributed by atoms with E-state index in [0.29, 0.717) is 5.02 Å². The smallest absolute Gasteiger partial charge is 0.139 e. The van der Waals surface area contributed by atoms with Gasteiger partial charge in [-0.15, -0.1) is 0 Å². The molecule has 11 heterocycles. The predicted molar refractivity (Wildman–Crippen MR) is 374 cm³/mol. The van der Waals surface area contributed by atoms with Crippen molar-refractivity contribution in [2.45, 2.75) is 55.4 Å². The Morgan fingerprint density at radius 3 is 1.69 bits per heavy atom. The lowest BCUT2D eigenvalue weighted by molar-refractivity contribution is 1.17. The highest BCUT2D eigenvalue weighted by molar-refractivity contribution is 6.36. The van der Waals surface area contributed by atoms with Crippen LogP contribution in [0.5, 0.6) is 0 Å². The van der Waals surface area contributed by atoms with Gasteiger partial charge in [-0.2, -0.15) is 0 Å². The standard InChI is InChI=1S/C10H8ClN.2C9H8ClN.C9H9N.4C8H7ClN2/c1-7-2-3-8-6-9(11)4-5-10(8)12-7;1-6-4-7-5-8(10)2-3-9(7)11-6;1-6-2-3-7-8(10)5-11-9(7)4-6;1-7-2-3-9-8(6-7)4-5-10-9;1-5-2-8-6(3-10-5)7(9)4-11-8;1-5-2-6-3-7(9)4-10-8(6)11-5;1-5-10-7-3-2-6(9)4-8(7)11-5;1-5-2-3-6-7(9)4-10-8(6)11-5/h2-6H,1H3;2*2-5,11H,1H3;2-6,10H,1H3;2-4,11H,1H3;3*2-4H,1H3,(H,10,11). The number of rotatable bonds is 0. The van der Waals surface area contributed by atoms with E-state index in [1.165, 1.54) is 33.1 Å². The molecule has 0 fully saturated rings. The summed E-state index contributed by atoms with van der Waals surface area (Å²) in [4.78, 5) is 42.8. The van der Waals surface area contributed by atoms with Gasteiger partial charge in [-0.25, -0.2) is 15.0 Å². The zero-order chi connectivity index (χ0) is 62.6. The van der Waals surface area contributed by atoms with Crippen molar-refractivity contribution < 1.29 is 0 Å². The number of aryl methyl sites for hydroxylation is 8. The molecule has 7 N–H and O–H groups in total. The fourth-order valence-corrected chi connectivity index (χ4v) is 10.5. The van der Waals surface area contributed by atoms with Gasteiger partial charge in [0.25, 0.3) is 0 Å². The average molecular weight is 1310 g/mol. The van der Waals surface area contributed by atoms with E-state index in [1.54, 1.807) is 24.8 Å². The minimum absolute atomic E-state index is 0.677. The summed E-state index contributed by atoms with van der Waals surface area (Å²) in [6, 6.07) is 47.7. The normalized spacial score (nSPS) is 10.7. The number of H-pyrrole nitrogens is 7. The van der Waals surface area contributed by atoms with Crippen molar-refractivity contribution >= 4 is 169 Å². The molecule has 16 aromatic rings. The summed E-state index contributed by atoms with van der Waals surface area (Å²) < 4.78 is 0. The molecule has 5 aromatic carbocycles. The molecule has 12 nitrogen and oxygen atoms in total. The minimum atomic E-state index is 0.677. The fraction of sp³-hybridized carbons (Fsp3) is 0.116. The maximum Gasteiger partial charge on any atom is 0.139 e. The summed E-state index contributed by atoms with van der Waals surface area (Å²) in [5.41, 5.74) is 17.1. The van der Waals surface area contributed by atoms with Gasteiger partial charge in [-0.3, -0.25) is 9.97 Å². The molecule has 0 bridgehead atoms. The lowest BCUT2D eigenvalue weighted by Crippen LogP contribution is -1.81. The molecule has 0 saturated carbocycles. The van der Waals surface area contributed by atoms with Gasteiger partial charge in [0.15, 0.2) is 0 Å². The van der Waals surface area contributed by atoms with Crippen molar-refractivity contribution in [2.75, 3.05) is 0 Å².